The van der Waals surface area contributed by atoms with Crippen molar-refractivity contribution in [3.63, 3.8) is 0 Å². The number of methoxy groups -OCH3 is 1. The SMILES string of the molecule is COc1ccc(CC(O)CC#CC(C)(C)C)cn1. The largest absolute Gasteiger partial charge is 0.481 e. The molecule has 0 bridgehead atoms. The van der Waals surface area contributed by atoms with E-state index in [1.54, 1.807) is 19.4 Å². The molecule has 0 aliphatic heterocycles. The fraction of sp³-hybridized carbons (Fsp3) is 0.533. The van der Waals surface area contributed by atoms with Crippen LogP contribution in [0.2, 0.25) is 0 Å². The Morgan fingerprint density at radius 3 is 2.61 bits per heavy atom. The first-order chi connectivity index (χ1) is 8.40. The summed E-state index contributed by atoms with van der Waals surface area (Å²) >= 11 is 0. The minimum atomic E-state index is -0.449. The first-order valence-electron chi connectivity index (χ1n) is 6.08. The van der Waals surface area contributed by atoms with E-state index in [-0.39, 0.29) is 5.41 Å². The van der Waals surface area contributed by atoms with E-state index in [9.17, 15) is 5.11 Å². The van der Waals surface area contributed by atoms with Crippen LogP contribution in [0.4, 0.5) is 0 Å². The summed E-state index contributed by atoms with van der Waals surface area (Å²) in [5.74, 6) is 6.72. The Bertz CT molecular complexity index is 421. The third kappa shape index (κ3) is 5.70. The highest BCUT2D eigenvalue weighted by Gasteiger charge is 2.06. The summed E-state index contributed by atoms with van der Waals surface area (Å²) in [5.41, 5.74) is 0.974. The molecule has 98 valence electrons. The average molecular weight is 247 g/mol. The number of aromatic nitrogens is 1. The number of pyridine rings is 1. The van der Waals surface area contributed by atoms with Gasteiger partial charge in [0.05, 0.1) is 13.2 Å². The van der Waals surface area contributed by atoms with Gasteiger partial charge < -0.3 is 9.84 Å². The number of aliphatic hydroxyl groups is 1. The minimum absolute atomic E-state index is 0.0125. The molecule has 0 saturated carbocycles. The zero-order chi connectivity index (χ0) is 13.6. The Morgan fingerprint density at radius 2 is 2.11 bits per heavy atom. The molecule has 0 fully saturated rings. The summed E-state index contributed by atoms with van der Waals surface area (Å²) in [6, 6.07) is 3.70. The molecule has 18 heavy (non-hydrogen) atoms. The van der Waals surface area contributed by atoms with Gasteiger partial charge in [-0.2, -0.15) is 0 Å². The molecule has 1 aromatic heterocycles. The van der Waals surface area contributed by atoms with Crippen LogP contribution in [-0.2, 0) is 6.42 Å². The summed E-state index contributed by atoms with van der Waals surface area (Å²) in [7, 11) is 1.58. The molecule has 1 aromatic rings. The van der Waals surface area contributed by atoms with Crippen molar-refractivity contribution in [2.45, 2.75) is 39.7 Å². The molecule has 1 rings (SSSR count). The van der Waals surface area contributed by atoms with E-state index in [0.717, 1.165) is 5.56 Å². The van der Waals surface area contributed by atoms with E-state index in [2.05, 4.69) is 37.6 Å². The standard InChI is InChI=1S/C15H21NO2/c1-15(2,3)9-5-6-13(17)10-12-7-8-14(18-4)16-11-12/h7-8,11,13,17H,6,10H2,1-4H3. The second-order valence-electron chi connectivity index (χ2n) is 5.32. The topological polar surface area (TPSA) is 42.4 Å². The molecule has 1 unspecified atom stereocenters. The lowest BCUT2D eigenvalue weighted by Gasteiger charge is -2.09. The summed E-state index contributed by atoms with van der Waals surface area (Å²) in [5, 5.41) is 9.86. The van der Waals surface area contributed by atoms with Gasteiger partial charge in [0.2, 0.25) is 5.88 Å². The Balaban J connectivity index is 2.48. The third-order valence-corrected chi connectivity index (χ3v) is 2.28. The fourth-order valence-electron chi connectivity index (χ4n) is 1.43. The second-order valence-corrected chi connectivity index (χ2v) is 5.32. The number of ether oxygens (including phenoxy) is 1. The van der Waals surface area contributed by atoms with Crippen LogP contribution in [0.5, 0.6) is 5.88 Å². The normalized spacial score (nSPS) is 12.5. The van der Waals surface area contributed by atoms with E-state index in [0.29, 0.717) is 18.7 Å². The number of aliphatic hydroxyl groups excluding tert-OH is 1. The molecular weight excluding hydrogens is 226 g/mol. The number of hydrogen-bond donors (Lipinski definition) is 1. The highest BCUT2D eigenvalue weighted by molar-refractivity contribution is 5.19. The molecule has 1 heterocycles. The summed E-state index contributed by atoms with van der Waals surface area (Å²) < 4.78 is 4.98. The van der Waals surface area contributed by atoms with Gasteiger partial charge in [-0.05, 0) is 26.3 Å². The van der Waals surface area contributed by atoms with Crippen LogP contribution >= 0.6 is 0 Å². The Hall–Kier alpha value is -1.53. The van der Waals surface area contributed by atoms with Gasteiger partial charge >= 0.3 is 0 Å². The van der Waals surface area contributed by atoms with E-state index in [1.807, 2.05) is 6.07 Å². The fourth-order valence-corrected chi connectivity index (χ4v) is 1.43. The molecule has 0 spiro atoms. The smallest absolute Gasteiger partial charge is 0.212 e. The van der Waals surface area contributed by atoms with Crippen molar-refractivity contribution < 1.29 is 9.84 Å². The Kier molecular flexibility index (Phi) is 5.18. The number of hydrogen-bond acceptors (Lipinski definition) is 3. The van der Waals surface area contributed by atoms with Crippen LogP contribution in [0.1, 0.15) is 32.8 Å². The van der Waals surface area contributed by atoms with E-state index in [4.69, 9.17) is 4.74 Å². The highest BCUT2D eigenvalue weighted by Crippen LogP contribution is 2.12. The molecule has 0 amide bonds. The monoisotopic (exact) mass is 247 g/mol. The molecule has 1 atom stereocenters. The molecule has 0 aliphatic carbocycles. The van der Waals surface area contributed by atoms with Gasteiger partial charge in [0, 0.05) is 30.5 Å². The van der Waals surface area contributed by atoms with Gasteiger partial charge in [-0.3, -0.25) is 0 Å². The average Bonchev–Trinajstić information content (AvgIpc) is 2.28. The summed E-state index contributed by atoms with van der Waals surface area (Å²) in [6.07, 6.45) is 2.33. The van der Waals surface area contributed by atoms with Gasteiger partial charge in [0.15, 0.2) is 0 Å². The zero-order valence-electron chi connectivity index (χ0n) is 11.5. The Labute approximate surface area is 109 Å². The van der Waals surface area contributed by atoms with Crippen molar-refractivity contribution in [2.24, 2.45) is 5.41 Å². The van der Waals surface area contributed by atoms with Gasteiger partial charge in [-0.15, -0.1) is 5.92 Å². The first kappa shape index (κ1) is 14.5. The van der Waals surface area contributed by atoms with Crippen LogP contribution in [0.15, 0.2) is 18.3 Å². The second kappa shape index (κ2) is 6.42. The zero-order valence-corrected chi connectivity index (χ0v) is 11.5. The molecule has 1 N–H and O–H groups in total. The van der Waals surface area contributed by atoms with Crippen molar-refractivity contribution in [3.8, 4) is 17.7 Å². The number of rotatable bonds is 4. The maximum Gasteiger partial charge on any atom is 0.212 e. The van der Waals surface area contributed by atoms with E-state index in [1.165, 1.54) is 0 Å². The quantitative estimate of drug-likeness (QED) is 0.831. The molecule has 3 nitrogen and oxygen atoms in total. The predicted octanol–water partition coefficient (Wildman–Crippen LogP) is 2.43. The van der Waals surface area contributed by atoms with Crippen LogP contribution in [0, 0.1) is 17.3 Å². The third-order valence-electron chi connectivity index (χ3n) is 2.28. The van der Waals surface area contributed by atoms with E-state index < -0.39 is 6.10 Å². The maximum atomic E-state index is 9.86. The number of nitrogens with zero attached hydrogens (tertiary/aromatic N) is 1. The Morgan fingerprint density at radius 1 is 1.39 bits per heavy atom. The van der Waals surface area contributed by atoms with Gasteiger partial charge in [-0.1, -0.05) is 12.0 Å². The molecule has 0 aliphatic rings. The van der Waals surface area contributed by atoms with Crippen LogP contribution in [-0.4, -0.2) is 23.3 Å². The van der Waals surface area contributed by atoms with Gasteiger partial charge in [0.1, 0.15) is 0 Å². The minimum Gasteiger partial charge on any atom is -0.481 e. The molecular formula is C15H21NO2. The van der Waals surface area contributed by atoms with Crippen molar-refractivity contribution in [3.05, 3.63) is 23.9 Å². The lowest BCUT2D eigenvalue weighted by molar-refractivity contribution is 0.180. The van der Waals surface area contributed by atoms with Crippen LogP contribution in [0.3, 0.4) is 0 Å². The molecule has 0 aromatic carbocycles. The molecule has 3 heteroatoms. The van der Waals surface area contributed by atoms with Gasteiger partial charge in [-0.25, -0.2) is 4.98 Å². The lowest BCUT2D eigenvalue weighted by Crippen LogP contribution is -2.10. The summed E-state index contributed by atoms with van der Waals surface area (Å²) in [4.78, 5) is 4.10. The molecule has 0 saturated heterocycles. The van der Waals surface area contributed by atoms with Crippen molar-refractivity contribution >= 4 is 0 Å². The highest BCUT2D eigenvalue weighted by atomic mass is 16.5. The summed E-state index contributed by atoms with van der Waals surface area (Å²) in [6.45, 7) is 6.17. The first-order valence-corrected chi connectivity index (χ1v) is 6.08. The van der Waals surface area contributed by atoms with Crippen LogP contribution < -0.4 is 4.74 Å². The van der Waals surface area contributed by atoms with Crippen molar-refractivity contribution in [1.29, 1.82) is 0 Å². The maximum absolute atomic E-state index is 9.86. The lowest BCUT2D eigenvalue weighted by atomic mass is 9.97. The predicted molar refractivity (Wildman–Crippen MR) is 72.3 cm³/mol. The van der Waals surface area contributed by atoms with Gasteiger partial charge in [0.25, 0.3) is 0 Å². The van der Waals surface area contributed by atoms with E-state index >= 15 is 0 Å². The molecule has 0 radical (unpaired) electrons. The van der Waals surface area contributed by atoms with Crippen molar-refractivity contribution in [2.75, 3.05) is 7.11 Å². The van der Waals surface area contributed by atoms with Crippen molar-refractivity contribution in [1.82, 2.24) is 4.98 Å². The van der Waals surface area contributed by atoms with Crippen LogP contribution in [0.25, 0.3) is 0 Å².